The molecule has 0 fully saturated rings. The van der Waals surface area contributed by atoms with Gasteiger partial charge in [0.05, 0.1) is 5.39 Å². The molecule has 0 aliphatic rings. The number of benzene rings is 1. The van der Waals surface area contributed by atoms with Crippen LogP contribution in [-0.4, -0.2) is 25.0 Å². The van der Waals surface area contributed by atoms with Crippen molar-refractivity contribution in [2.75, 3.05) is 5.32 Å². The SMILES string of the molecule is Cn1c(=O)c2ccc(C(=O)Nc3ncc(Cc4ccccc4Cl)s3)nc2n(C)c1=O. The molecule has 0 radical (unpaired) electrons. The Balaban J connectivity index is 1.58. The van der Waals surface area contributed by atoms with Gasteiger partial charge in [-0.15, -0.1) is 11.3 Å². The van der Waals surface area contributed by atoms with Crippen LogP contribution in [-0.2, 0) is 20.5 Å². The van der Waals surface area contributed by atoms with Crippen molar-refractivity contribution in [3.05, 3.63) is 84.6 Å². The Labute approximate surface area is 179 Å². The number of hydrogen-bond donors (Lipinski definition) is 1. The summed E-state index contributed by atoms with van der Waals surface area (Å²) in [5.74, 6) is -0.483. The van der Waals surface area contributed by atoms with Gasteiger partial charge < -0.3 is 0 Å². The highest BCUT2D eigenvalue weighted by Crippen LogP contribution is 2.25. The van der Waals surface area contributed by atoms with E-state index in [1.807, 2.05) is 24.3 Å². The zero-order valence-electron chi connectivity index (χ0n) is 16.0. The predicted octanol–water partition coefficient (Wildman–Crippen LogP) is 2.59. The molecule has 3 aromatic heterocycles. The molecule has 4 aromatic rings. The first-order chi connectivity index (χ1) is 14.3. The number of nitrogens with one attached hydrogen (secondary N) is 1. The summed E-state index contributed by atoms with van der Waals surface area (Å²) in [6, 6.07) is 10.5. The van der Waals surface area contributed by atoms with Gasteiger partial charge in [-0.25, -0.2) is 14.8 Å². The summed E-state index contributed by atoms with van der Waals surface area (Å²) in [6.45, 7) is 0. The molecular weight excluding hydrogens is 426 g/mol. The van der Waals surface area contributed by atoms with E-state index >= 15 is 0 Å². The normalized spacial score (nSPS) is 11.0. The van der Waals surface area contributed by atoms with Crippen LogP contribution in [0.25, 0.3) is 11.0 Å². The van der Waals surface area contributed by atoms with E-state index in [1.165, 1.54) is 42.1 Å². The molecule has 152 valence electrons. The summed E-state index contributed by atoms with van der Waals surface area (Å²) >= 11 is 7.53. The van der Waals surface area contributed by atoms with Crippen LogP contribution in [0.1, 0.15) is 20.9 Å². The number of nitrogens with zero attached hydrogens (tertiary/aromatic N) is 4. The third-order valence-electron chi connectivity index (χ3n) is 4.63. The van der Waals surface area contributed by atoms with E-state index in [-0.39, 0.29) is 16.7 Å². The largest absolute Gasteiger partial charge is 0.332 e. The fourth-order valence-corrected chi connectivity index (χ4v) is 4.05. The minimum atomic E-state index is -0.512. The lowest BCUT2D eigenvalue weighted by Crippen LogP contribution is -2.37. The topological polar surface area (TPSA) is 98.9 Å². The van der Waals surface area contributed by atoms with Gasteiger partial charge in [-0.3, -0.25) is 24.0 Å². The van der Waals surface area contributed by atoms with Crippen LogP contribution in [0.5, 0.6) is 0 Å². The van der Waals surface area contributed by atoms with E-state index in [0.29, 0.717) is 16.6 Å². The van der Waals surface area contributed by atoms with E-state index in [2.05, 4.69) is 15.3 Å². The fourth-order valence-electron chi connectivity index (χ4n) is 3.02. The molecule has 0 unspecified atom stereocenters. The summed E-state index contributed by atoms with van der Waals surface area (Å²) < 4.78 is 2.23. The monoisotopic (exact) mass is 441 g/mol. The van der Waals surface area contributed by atoms with Crippen LogP contribution >= 0.6 is 22.9 Å². The molecule has 1 N–H and O–H groups in total. The van der Waals surface area contributed by atoms with Gasteiger partial charge in [0.25, 0.3) is 11.5 Å². The van der Waals surface area contributed by atoms with Crippen LogP contribution in [0.4, 0.5) is 5.13 Å². The van der Waals surface area contributed by atoms with E-state index in [4.69, 9.17) is 11.6 Å². The van der Waals surface area contributed by atoms with Crippen LogP contribution in [0.15, 0.2) is 52.2 Å². The minimum Gasteiger partial charge on any atom is -0.296 e. The number of aromatic nitrogens is 4. The third-order valence-corrected chi connectivity index (χ3v) is 5.91. The maximum Gasteiger partial charge on any atom is 0.332 e. The number of pyridine rings is 1. The van der Waals surface area contributed by atoms with Gasteiger partial charge in [-0.1, -0.05) is 29.8 Å². The van der Waals surface area contributed by atoms with Crippen molar-refractivity contribution in [3.8, 4) is 0 Å². The molecule has 0 atom stereocenters. The molecule has 4 rings (SSSR count). The van der Waals surface area contributed by atoms with Gasteiger partial charge in [-0.05, 0) is 23.8 Å². The van der Waals surface area contributed by atoms with Gasteiger partial charge in [0.1, 0.15) is 11.3 Å². The lowest BCUT2D eigenvalue weighted by Gasteiger charge is -2.08. The highest BCUT2D eigenvalue weighted by Gasteiger charge is 2.15. The van der Waals surface area contributed by atoms with Crippen molar-refractivity contribution in [3.63, 3.8) is 0 Å². The quantitative estimate of drug-likeness (QED) is 0.524. The van der Waals surface area contributed by atoms with Crippen LogP contribution in [0.3, 0.4) is 0 Å². The van der Waals surface area contributed by atoms with Crippen molar-refractivity contribution in [2.45, 2.75) is 6.42 Å². The highest BCUT2D eigenvalue weighted by atomic mass is 35.5. The first-order valence-electron chi connectivity index (χ1n) is 8.91. The molecule has 10 heteroatoms. The first kappa shape index (κ1) is 20.0. The second kappa shape index (κ2) is 7.85. The van der Waals surface area contributed by atoms with Crippen LogP contribution in [0, 0.1) is 0 Å². The average Bonchev–Trinajstić information content (AvgIpc) is 3.18. The molecule has 3 heterocycles. The van der Waals surface area contributed by atoms with Crippen molar-refractivity contribution in [1.82, 2.24) is 19.1 Å². The van der Waals surface area contributed by atoms with Crippen molar-refractivity contribution < 1.29 is 4.79 Å². The molecule has 0 spiro atoms. The number of carbonyl (C=O) groups is 1. The lowest BCUT2D eigenvalue weighted by atomic mass is 10.1. The predicted molar refractivity (Wildman–Crippen MR) is 117 cm³/mol. The number of amides is 1. The second-order valence-corrected chi connectivity index (χ2v) is 8.15. The molecular formula is C20H16ClN5O3S. The van der Waals surface area contributed by atoms with Crippen molar-refractivity contribution >= 4 is 45.0 Å². The second-order valence-electron chi connectivity index (χ2n) is 6.63. The van der Waals surface area contributed by atoms with Crippen LogP contribution < -0.4 is 16.6 Å². The summed E-state index contributed by atoms with van der Waals surface area (Å²) in [6.07, 6.45) is 2.29. The number of anilines is 1. The Bertz CT molecular complexity index is 1410. The van der Waals surface area contributed by atoms with E-state index in [0.717, 1.165) is 15.0 Å². The molecule has 0 saturated carbocycles. The van der Waals surface area contributed by atoms with Gasteiger partial charge in [0.15, 0.2) is 5.13 Å². The fraction of sp³-hybridized carbons (Fsp3) is 0.150. The van der Waals surface area contributed by atoms with Gasteiger partial charge >= 0.3 is 5.69 Å². The summed E-state index contributed by atoms with van der Waals surface area (Å²) in [5.41, 5.74) is 0.223. The molecule has 0 bridgehead atoms. The van der Waals surface area contributed by atoms with Gasteiger partial charge in [0.2, 0.25) is 0 Å². The maximum atomic E-state index is 12.6. The third kappa shape index (κ3) is 3.64. The molecule has 1 amide bonds. The number of fused-ring (bicyclic) bond motifs is 1. The Morgan fingerprint density at radius 1 is 1.13 bits per heavy atom. The molecule has 0 aliphatic heterocycles. The van der Waals surface area contributed by atoms with Crippen molar-refractivity contribution in [1.29, 1.82) is 0 Å². The number of carbonyl (C=O) groups excluding carboxylic acids is 1. The lowest BCUT2D eigenvalue weighted by molar-refractivity contribution is 0.102. The number of halogens is 1. The number of aryl methyl sites for hydroxylation is 1. The Hall–Kier alpha value is -3.30. The molecule has 0 saturated heterocycles. The standard InChI is InChI=1S/C20H16ClN5O3S/c1-25-16-13(18(28)26(2)20(25)29)7-8-15(23-16)17(27)24-19-22-10-12(30-19)9-11-5-3-4-6-14(11)21/h3-8,10H,9H2,1-2H3,(H,22,24,27). The molecule has 30 heavy (non-hydrogen) atoms. The number of rotatable bonds is 4. The zero-order chi connectivity index (χ0) is 21.4. The molecule has 1 aromatic carbocycles. The summed E-state index contributed by atoms with van der Waals surface area (Å²) in [5, 5.41) is 4.06. The van der Waals surface area contributed by atoms with Gasteiger partial charge in [-0.2, -0.15) is 0 Å². The minimum absolute atomic E-state index is 0.0774. The number of thiazole rings is 1. The highest BCUT2D eigenvalue weighted by molar-refractivity contribution is 7.15. The Morgan fingerprint density at radius 3 is 2.67 bits per heavy atom. The average molecular weight is 442 g/mol. The maximum absolute atomic E-state index is 12.6. The van der Waals surface area contributed by atoms with Gasteiger partial charge in [0, 0.05) is 36.6 Å². The zero-order valence-corrected chi connectivity index (χ0v) is 17.6. The molecule has 8 nitrogen and oxygen atoms in total. The van der Waals surface area contributed by atoms with E-state index < -0.39 is 17.2 Å². The number of hydrogen-bond acceptors (Lipinski definition) is 6. The molecule has 0 aliphatic carbocycles. The first-order valence-corrected chi connectivity index (χ1v) is 10.1. The summed E-state index contributed by atoms with van der Waals surface area (Å²) in [4.78, 5) is 46.4. The Kier molecular flexibility index (Phi) is 5.23. The van der Waals surface area contributed by atoms with Crippen molar-refractivity contribution in [2.24, 2.45) is 14.1 Å². The summed E-state index contributed by atoms with van der Waals surface area (Å²) in [7, 11) is 2.90. The van der Waals surface area contributed by atoms with Crippen LogP contribution in [0.2, 0.25) is 5.02 Å². The van der Waals surface area contributed by atoms with E-state index in [1.54, 1.807) is 6.20 Å². The van der Waals surface area contributed by atoms with E-state index in [9.17, 15) is 14.4 Å². The smallest absolute Gasteiger partial charge is 0.296 e. The Morgan fingerprint density at radius 2 is 1.90 bits per heavy atom.